The Morgan fingerprint density at radius 3 is 2.24 bits per heavy atom. The molecule has 0 aliphatic carbocycles. The first-order valence-electron chi connectivity index (χ1n) is 8.67. The van der Waals surface area contributed by atoms with E-state index in [1.54, 1.807) is 6.92 Å². The normalized spacial score (nSPS) is 11.3. The smallest absolute Gasteiger partial charge is 0.416 e. The topological polar surface area (TPSA) is 72.3 Å². The molecule has 0 unspecified atom stereocenters. The van der Waals surface area contributed by atoms with Crippen molar-refractivity contribution in [1.82, 2.24) is 9.97 Å². The second kappa shape index (κ2) is 8.30. The van der Waals surface area contributed by atoms with E-state index in [0.717, 1.165) is 17.7 Å². The van der Waals surface area contributed by atoms with Gasteiger partial charge in [0, 0.05) is 6.42 Å². The number of hydrogen-bond acceptors (Lipinski definition) is 4. The van der Waals surface area contributed by atoms with Gasteiger partial charge < -0.3 is 9.84 Å². The fraction of sp³-hybridized carbons (Fsp3) is 0.190. The maximum absolute atomic E-state index is 12.8. The Labute approximate surface area is 164 Å². The Morgan fingerprint density at radius 1 is 1.00 bits per heavy atom. The fourth-order valence-corrected chi connectivity index (χ4v) is 2.77. The molecular weight excluding hydrogens is 385 g/mol. The highest BCUT2D eigenvalue weighted by Gasteiger charge is 2.30. The number of aromatic nitrogens is 2. The van der Waals surface area contributed by atoms with Crippen LogP contribution in [0.2, 0.25) is 0 Å². The number of carboxylic acids is 1. The van der Waals surface area contributed by atoms with Crippen LogP contribution in [-0.4, -0.2) is 21.0 Å². The van der Waals surface area contributed by atoms with Gasteiger partial charge in [0.2, 0.25) is 0 Å². The minimum atomic E-state index is -4.43. The minimum absolute atomic E-state index is 0.00634. The maximum atomic E-state index is 12.8. The molecule has 0 amide bonds. The van der Waals surface area contributed by atoms with E-state index in [0.29, 0.717) is 11.3 Å². The molecule has 29 heavy (non-hydrogen) atoms. The van der Waals surface area contributed by atoms with Crippen LogP contribution in [0.25, 0.3) is 0 Å². The van der Waals surface area contributed by atoms with Gasteiger partial charge in [-0.3, -0.25) is 0 Å². The number of benzene rings is 2. The number of aryl methyl sites for hydroxylation is 1. The summed E-state index contributed by atoms with van der Waals surface area (Å²) in [4.78, 5) is 19.9. The van der Waals surface area contributed by atoms with Crippen LogP contribution in [-0.2, 0) is 19.2 Å². The van der Waals surface area contributed by atoms with Gasteiger partial charge in [-0.15, -0.1) is 0 Å². The van der Waals surface area contributed by atoms with Crippen molar-refractivity contribution in [2.24, 2.45) is 0 Å². The summed E-state index contributed by atoms with van der Waals surface area (Å²) in [6.45, 7) is 1.65. The zero-order chi connectivity index (χ0) is 21.0. The van der Waals surface area contributed by atoms with Crippen molar-refractivity contribution in [2.75, 3.05) is 0 Å². The zero-order valence-electron chi connectivity index (χ0n) is 15.4. The number of nitrogens with zero attached hydrogens (tertiary/aromatic N) is 2. The van der Waals surface area contributed by atoms with E-state index in [-0.39, 0.29) is 30.3 Å². The highest BCUT2D eigenvalue weighted by atomic mass is 19.4. The van der Waals surface area contributed by atoms with Gasteiger partial charge in [-0.1, -0.05) is 42.5 Å². The van der Waals surface area contributed by atoms with Crippen LogP contribution in [0, 0.1) is 6.92 Å². The van der Waals surface area contributed by atoms with E-state index < -0.39 is 17.7 Å². The summed E-state index contributed by atoms with van der Waals surface area (Å²) in [5, 5.41) is 9.51. The molecule has 150 valence electrons. The van der Waals surface area contributed by atoms with Gasteiger partial charge in [0.05, 0.1) is 11.3 Å². The van der Waals surface area contributed by atoms with Crippen LogP contribution in [0.5, 0.6) is 5.75 Å². The molecule has 0 spiro atoms. The summed E-state index contributed by atoms with van der Waals surface area (Å²) in [7, 11) is 0. The van der Waals surface area contributed by atoms with Crippen LogP contribution in [0.4, 0.5) is 13.2 Å². The maximum Gasteiger partial charge on any atom is 0.416 e. The predicted molar refractivity (Wildman–Crippen MR) is 98.8 cm³/mol. The Bertz CT molecular complexity index is 1000. The number of alkyl halides is 3. The van der Waals surface area contributed by atoms with E-state index in [2.05, 4.69) is 9.97 Å². The molecule has 3 rings (SSSR count). The van der Waals surface area contributed by atoms with Crippen molar-refractivity contribution in [3.63, 3.8) is 0 Å². The average molecular weight is 402 g/mol. The van der Waals surface area contributed by atoms with Crippen molar-refractivity contribution in [1.29, 1.82) is 0 Å². The van der Waals surface area contributed by atoms with Crippen molar-refractivity contribution >= 4 is 5.97 Å². The predicted octanol–water partition coefficient (Wildman–Crippen LogP) is 4.67. The standard InChI is InChI=1S/C21H17F3N2O3/c1-13-25-17(11-14-7-9-16(10-8-14)21(22,23)24)19(18(26-13)20(27)28)29-12-15-5-3-2-4-6-15/h2-10H,11-12H2,1H3,(H,27,28). The first-order valence-corrected chi connectivity index (χ1v) is 8.67. The molecule has 2 aromatic carbocycles. The molecule has 1 aromatic heterocycles. The first kappa shape index (κ1) is 20.3. The van der Waals surface area contributed by atoms with Crippen molar-refractivity contribution < 1.29 is 27.8 Å². The highest BCUT2D eigenvalue weighted by Crippen LogP contribution is 2.30. The molecule has 1 heterocycles. The van der Waals surface area contributed by atoms with Crippen LogP contribution in [0.3, 0.4) is 0 Å². The summed E-state index contributed by atoms with van der Waals surface area (Å²) >= 11 is 0. The first-order chi connectivity index (χ1) is 13.7. The molecule has 1 N–H and O–H groups in total. The summed E-state index contributed by atoms with van der Waals surface area (Å²) in [5.74, 6) is -1.03. The molecule has 5 nitrogen and oxygen atoms in total. The summed E-state index contributed by atoms with van der Waals surface area (Å²) < 4.78 is 44.0. The second-order valence-corrected chi connectivity index (χ2v) is 6.35. The third kappa shape index (κ3) is 5.10. The molecule has 8 heteroatoms. The number of carboxylic acid groups (broad SMARTS) is 1. The highest BCUT2D eigenvalue weighted by molar-refractivity contribution is 5.89. The zero-order valence-corrected chi connectivity index (χ0v) is 15.4. The van der Waals surface area contributed by atoms with Gasteiger partial charge in [0.25, 0.3) is 0 Å². The molecule has 0 atom stereocenters. The summed E-state index contributed by atoms with van der Waals surface area (Å²) in [6.07, 6.45) is -4.32. The molecule has 0 saturated heterocycles. The van der Waals surface area contributed by atoms with E-state index in [1.165, 1.54) is 12.1 Å². The van der Waals surface area contributed by atoms with Gasteiger partial charge in [-0.2, -0.15) is 13.2 Å². The molecule has 0 aliphatic heterocycles. The summed E-state index contributed by atoms with van der Waals surface area (Å²) in [6, 6.07) is 13.8. The second-order valence-electron chi connectivity index (χ2n) is 6.35. The van der Waals surface area contributed by atoms with Crippen molar-refractivity contribution in [3.8, 4) is 5.75 Å². The lowest BCUT2D eigenvalue weighted by Gasteiger charge is -2.14. The lowest BCUT2D eigenvalue weighted by Crippen LogP contribution is -2.12. The molecule has 0 fully saturated rings. The van der Waals surface area contributed by atoms with Crippen LogP contribution >= 0.6 is 0 Å². The van der Waals surface area contributed by atoms with E-state index in [9.17, 15) is 23.1 Å². The average Bonchev–Trinajstić information content (AvgIpc) is 2.67. The minimum Gasteiger partial charge on any atom is -0.484 e. The molecule has 0 saturated carbocycles. The number of halogens is 3. The number of ether oxygens (including phenoxy) is 1. The van der Waals surface area contributed by atoms with Gasteiger partial charge >= 0.3 is 12.1 Å². The molecular formula is C21H17F3N2O3. The number of carbonyl (C=O) groups is 1. The van der Waals surface area contributed by atoms with E-state index in [1.807, 2.05) is 30.3 Å². The molecule has 0 aliphatic rings. The Hall–Kier alpha value is -3.42. The monoisotopic (exact) mass is 402 g/mol. The molecule has 3 aromatic rings. The van der Waals surface area contributed by atoms with Crippen LogP contribution in [0.15, 0.2) is 54.6 Å². The quantitative estimate of drug-likeness (QED) is 0.649. The third-order valence-electron chi connectivity index (χ3n) is 4.13. The SMILES string of the molecule is Cc1nc(Cc2ccc(C(F)(F)F)cc2)c(OCc2ccccc2)c(C(=O)O)n1. The van der Waals surface area contributed by atoms with Gasteiger partial charge in [-0.05, 0) is 30.2 Å². The number of aromatic carboxylic acids is 1. The van der Waals surface area contributed by atoms with Crippen LogP contribution in [0.1, 0.15) is 38.7 Å². The Kier molecular flexibility index (Phi) is 5.81. The molecule has 0 bridgehead atoms. The van der Waals surface area contributed by atoms with Crippen molar-refractivity contribution in [3.05, 3.63) is 88.5 Å². The lowest BCUT2D eigenvalue weighted by atomic mass is 10.1. The third-order valence-corrected chi connectivity index (χ3v) is 4.13. The summed E-state index contributed by atoms with van der Waals surface area (Å²) in [5.41, 5.74) is 0.620. The Morgan fingerprint density at radius 2 is 1.66 bits per heavy atom. The largest absolute Gasteiger partial charge is 0.484 e. The van der Waals surface area contributed by atoms with Crippen molar-refractivity contribution in [2.45, 2.75) is 26.1 Å². The van der Waals surface area contributed by atoms with E-state index in [4.69, 9.17) is 4.74 Å². The lowest BCUT2D eigenvalue weighted by molar-refractivity contribution is -0.137. The fourth-order valence-electron chi connectivity index (χ4n) is 2.77. The van der Waals surface area contributed by atoms with Crippen LogP contribution < -0.4 is 4.74 Å². The molecule has 0 radical (unpaired) electrons. The Balaban J connectivity index is 1.93. The van der Waals surface area contributed by atoms with Gasteiger partial charge in [-0.25, -0.2) is 14.8 Å². The number of rotatable bonds is 6. The number of hydrogen-bond donors (Lipinski definition) is 1. The van der Waals surface area contributed by atoms with Gasteiger partial charge in [0.1, 0.15) is 12.4 Å². The van der Waals surface area contributed by atoms with Gasteiger partial charge in [0.15, 0.2) is 11.4 Å². The van der Waals surface area contributed by atoms with E-state index >= 15 is 0 Å².